The van der Waals surface area contributed by atoms with E-state index in [1.165, 1.54) is 7.11 Å². The van der Waals surface area contributed by atoms with Crippen molar-refractivity contribution in [2.75, 3.05) is 20.2 Å². The normalized spacial score (nSPS) is 19.6. The maximum atomic E-state index is 11.0. The van der Waals surface area contributed by atoms with Gasteiger partial charge >= 0.3 is 0 Å². The van der Waals surface area contributed by atoms with E-state index in [4.69, 9.17) is 13.9 Å². The second-order valence-corrected chi connectivity index (χ2v) is 9.51. The number of benzene rings is 1. The fourth-order valence-electron chi connectivity index (χ4n) is 4.53. The fraction of sp³-hybridized carbons (Fsp3) is 0.391. The largest absolute Gasteiger partial charge is 0.760 e. The van der Waals surface area contributed by atoms with Crippen molar-refractivity contribution in [2.45, 2.75) is 39.1 Å². The summed E-state index contributed by atoms with van der Waals surface area (Å²) in [6.07, 6.45) is 3.67. The maximum Gasteiger partial charge on any atom is 0.248 e. The summed E-state index contributed by atoms with van der Waals surface area (Å²) in [6.45, 7) is 6.29. The van der Waals surface area contributed by atoms with E-state index in [0.29, 0.717) is 29.8 Å². The summed E-state index contributed by atoms with van der Waals surface area (Å²) in [5, 5.41) is 16.6. The molecule has 1 saturated heterocycles. The average Bonchev–Trinajstić information content (AvgIpc) is 3.51. The summed E-state index contributed by atoms with van der Waals surface area (Å²) < 4.78 is 41.5. The van der Waals surface area contributed by atoms with Gasteiger partial charge in [0.2, 0.25) is 17.7 Å². The van der Waals surface area contributed by atoms with E-state index >= 15 is 0 Å². The van der Waals surface area contributed by atoms with Crippen molar-refractivity contribution in [3.05, 3.63) is 42.0 Å². The zero-order valence-corrected chi connectivity index (χ0v) is 20.9. The molecule has 1 unspecified atom stereocenters. The summed E-state index contributed by atoms with van der Waals surface area (Å²) in [5.74, 6) is 1.25. The molecule has 1 aliphatic heterocycles. The van der Waals surface area contributed by atoms with Crippen LogP contribution in [0.15, 0.2) is 35.0 Å². The van der Waals surface area contributed by atoms with E-state index in [9.17, 15) is 8.76 Å². The number of nitrogens with one attached hydrogen (secondary N) is 2. The predicted octanol–water partition coefficient (Wildman–Crippen LogP) is 2.18. The van der Waals surface area contributed by atoms with Crippen molar-refractivity contribution in [3.8, 4) is 28.5 Å². The summed E-state index contributed by atoms with van der Waals surface area (Å²) >= 11 is -2.41. The maximum absolute atomic E-state index is 11.0. The highest BCUT2D eigenvalue weighted by molar-refractivity contribution is 7.77. The molecule has 1 aromatic carbocycles. The zero-order valence-electron chi connectivity index (χ0n) is 20.1. The first-order valence-corrected chi connectivity index (χ1v) is 12.5. The van der Waals surface area contributed by atoms with Crippen LogP contribution in [0.4, 0.5) is 0 Å². The number of hydrogen-bond acceptors (Lipinski definition) is 10. The van der Waals surface area contributed by atoms with Gasteiger partial charge in [-0.1, -0.05) is 0 Å². The first kappa shape index (κ1) is 24.5. The van der Waals surface area contributed by atoms with Crippen molar-refractivity contribution in [3.63, 3.8) is 0 Å². The number of ether oxygens (including phenoxy) is 2. The molecule has 12 nitrogen and oxygen atoms in total. The third-order valence-corrected chi connectivity index (χ3v) is 6.32. The highest BCUT2D eigenvalue weighted by Gasteiger charge is 2.24. The molecular formula is C23H26N7O5S-. The average molecular weight is 513 g/mol. The van der Waals surface area contributed by atoms with Crippen LogP contribution in [0.25, 0.3) is 33.5 Å². The summed E-state index contributed by atoms with van der Waals surface area (Å²) in [5.41, 5.74) is 3.69. The number of pyridine rings is 1. The smallest absolute Gasteiger partial charge is 0.248 e. The van der Waals surface area contributed by atoms with E-state index in [0.717, 1.165) is 40.7 Å². The fourth-order valence-corrected chi connectivity index (χ4v) is 4.80. The molecule has 190 valence electrons. The van der Waals surface area contributed by atoms with Crippen molar-refractivity contribution in [1.82, 2.24) is 35.0 Å². The number of methoxy groups -OCH3 is 1. The Morgan fingerprint density at radius 1 is 1.19 bits per heavy atom. The van der Waals surface area contributed by atoms with E-state index in [1.54, 1.807) is 12.4 Å². The molecule has 3 aromatic heterocycles. The lowest BCUT2D eigenvalue weighted by Crippen LogP contribution is -2.44. The SMILES string of the molecule is COc1ncc(-c2cc(-c3nnc(CN4C[C@@H](C)O[C@@H](C)C4)o3)c3cn[nH]c3c2)cc1CNS(=O)[O-]. The van der Waals surface area contributed by atoms with Gasteiger partial charge in [0, 0.05) is 53.6 Å². The lowest BCUT2D eigenvalue weighted by molar-refractivity contribution is -0.0721. The molecule has 2 N–H and O–H groups in total. The van der Waals surface area contributed by atoms with Crippen LogP contribution in [0.2, 0.25) is 0 Å². The van der Waals surface area contributed by atoms with Crippen molar-refractivity contribution in [2.24, 2.45) is 0 Å². The first-order chi connectivity index (χ1) is 17.4. The quantitative estimate of drug-likeness (QED) is 0.336. The van der Waals surface area contributed by atoms with Crippen LogP contribution in [0.5, 0.6) is 5.88 Å². The van der Waals surface area contributed by atoms with Crippen molar-refractivity contribution in [1.29, 1.82) is 0 Å². The van der Waals surface area contributed by atoms with Crippen molar-refractivity contribution < 1.29 is 22.7 Å². The first-order valence-electron chi connectivity index (χ1n) is 11.4. The van der Waals surface area contributed by atoms with E-state index in [-0.39, 0.29) is 18.8 Å². The Morgan fingerprint density at radius 2 is 2.00 bits per heavy atom. The van der Waals surface area contributed by atoms with Gasteiger partial charge in [-0.25, -0.2) is 9.71 Å². The minimum absolute atomic E-state index is 0.0467. The van der Waals surface area contributed by atoms with Crippen LogP contribution >= 0.6 is 0 Å². The summed E-state index contributed by atoms with van der Waals surface area (Å²) in [4.78, 5) is 6.59. The number of H-pyrrole nitrogens is 1. The molecule has 4 heterocycles. The second-order valence-electron chi connectivity index (χ2n) is 8.76. The van der Waals surface area contributed by atoms with Crippen molar-refractivity contribution >= 4 is 22.2 Å². The van der Waals surface area contributed by atoms with Crippen LogP contribution in [0.1, 0.15) is 25.3 Å². The molecular weight excluding hydrogens is 486 g/mol. The molecule has 0 saturated carbocycles. The minimum atomic E-state index is -2.41. The predicted molar refractivity (Wildman–Crippen MR) is 130 cm³/mol. The van der Waals surface area contributed by atoms with Crippen LogP contribution in [-0.4, -0.2) is 71.4 Å². The Kier molecular flexibility index (Phi) is 7.07. The van der Waals surface area contributed by atoms with Gasteiger partial charge in [-0.3, -0.25) is 14.2 Å². The molecule has 36 heavy (non-hydrogen) atoms. The Morgan fingerprint density at radius 3 is 2.75 bits per heavy atom. The van der Waals surface area contributed by atoms with Gasteiger partial charge in [0.25, 0.3) is 0 Å². The van der Waals surface area contributed by atoms with E-state index in [2.05, 4.69) is 48.8 Å². The molecule has 0 aliphatic carbocycles. The van der Waals surface area contributed by atoms with Gasteiger partial charge in [-0.2, -0.15) is 5.10 Å². The second kappa shape index (κ2) is 10.4. The number of aromatic nitrogens is 5. The van der Waals surface area contributed by atoms with E-state index in [1.807, 2.05) is 18.2 Å². The molecule has 3 atom stereocenters. The Balaban J connectivity index is 1.47. The molecule has 0 bridgehead atoms. The number of nitrogens with zero attached hydrogens (tertiary/aromatic N) is 5. The summed E-state index contributed by atoms with van der Waals surface area (Å²) in [6, 6.07) is 5.69. The molecule has 5 rings (SSSR count). The molecule has 1 aliphatic rings. The molecule has 4 aromatic rings. The van der Waals surface area contributed by atoms with Gasteiger partial charge in [-0.15, -0.1) is 10.2 Å². The minimum Gasteiger partial charge on any atom is -0.760 e. The number of fused-ring (bicyclic) bond motifs is 1. The topological polar surface area (TPSA) is 154 Å². The highest BCUT2D eigenvalue weighted by atomic mass is 32.2. The van der Waals surface area contributed by atoms with Crippen LogP contribution in [-0.2, 0) is 29.1 Å². The van der Waals surface area contributed by atoms with Crippen LogP contribution in [0, 0.1) is 0 Å². The highest BCUT2D eigenvalue weighted by Crippen LogP contribution is 2.34. The Hall–Kier alpha value is -3.23. The lowest BCUT2D eigenvalue weighted by Gasteiger charge is -2.34. The monoisotopic (exact) mass is 512 g/mol. The van der Waals surface area contributed by atoms with Gasteiger partial charge in [-0.05, 0) is 37.6 Å². The summed E-state index contributed by atoms with van der Waals surface area (Å²) in [7, 11) is 1.49. The third kappa shape index (κ3) is 5.29. The van der Waals surface area contributed by atoms with Crippen LogP contribution in [0.3, 0.4) is 0 Å². The standard InChI is InChI=1S/C23H27N7O5S/c1-13-10-30(11-14(2)34-13)12-21-28-29-23(35-21)18-5-15(6-20-19(18)9-25-27-20)16-4-17(8-26-36(31)32)22(33-3)24-7-16/h4-7,9,13-14,26H,8,10-12H2,1-3H3,(H,25,27)(H,31,32)/p-1/t13-,14+. The van der Waals surface area contributed by atoms with Gasteiger partial charge in [0.1, 0.15) is 0 Å². The molecule has 0 amide bonds. The van der Waals surface area contributed by atoms with Gasteiger partial charge in [0.05, 0.1) is 43.1 Å². The molecule has 0 spiro atoms. The molecule has 13 heteroatoms. The Bertz CT molecular complexity index is 1380. The third-order valence-electron chi connectivity index (χ3n) is 5.94. The van der Waals surface area contributed by atoms with Gasteiger partial charge < -0.3 is 18.4 Å². The molecule has 0 radical (unpaired) electrons. The van der Waals surface area contributed by atoms with Crippen LogP contribution < -0.4 is 9.46 Å². The van der Waals surface area contributed by atoms with E-state index < -0.39 is 11.3 Å². The number of rotatable bonds is 8. The number of hydrogen-bond donors (Lipinski definition) is 2. The number of aromatic amines is 1. The Labute approximate surface area is 209 Å². The van der Waals surface area contributed by atoms with Gasteiger partial charge in [0.15, 0.2) is 0 Å². The molecule has 1 fully saturated rings. The number of morpholine rings is 1. The lowest BCUT2D eigenvalue weighted by atomic mass is 10.0. The zero-order chi connectivity index (χ0) is 25.2.